The molecule has 1 heterocycles. The Morgan fingerprint density at radius 3 is 2.67 bits per heavy atom. The normalized spacial score (nSPS) is 12.6. The topological polar surface area (TPSA) is 29.9 Å². The van der Waals surface area contributed by atoms with Crippen molar-refractivity contribution in [3.8, 4) is 0 Å². The van der Waals surface area contributed by atoms with Crippen molar-refractivity contribution in [1.82, 2.24) is 15.1 Å². The van der Waals surface area contributed by atoms with Gasteiger partial charge in [-0.3, -0.25) is 4.68 Å². The Balaban J connectivity index is 2.16. The van der Waals surface area contributed by atoms with E-state index in [1.54, 1.807) is 0 Å². The van der Waals surface area contributed by atoms with E-state index >= 15 is 0 Å². The van der Waals surface area contributed by atoms with Crippen molar-refractivity contribution in [2.24, 2.45) is 0 Å². The lowest BCUT2D eigenvalue weighted by molar-refractivity contribution is 0.520. The van der Waals surface area contributed by atoms with Crippen molar-refractivity contribution in [1.29, 1.82) is 0 Å². The standard InChI is InChI=1S/C16H21Cl2N3/c1-4-21-15(16(18)11(2)20-21)10-14(19-3)9-12-6-5-7-13(17)8-12/h5-8,14,19H,4,9-10H2,1-3H3. The van der Waals surface area contributed by atoms with Crippen LogP contribution in [0, 0.1) is 6.92 Å². The Labute approximate surface area is 136 Å². The van der Waals surface area contributed by atoms with Crippen LogP contribution in [0.25, 0.3) is 0 Å². The van der Waals surface area contributed by atoms with Gasteiger partial charge in [0.2, 0.25) is 0 Å². The summed E-state index contributed by atoms with van der Waals surface area (Å²) in [5, 5.41) is 9.39. The second-order valence-electron chi connectivity index (χ2n) is 5.19. The maximum Gasteiger partial charge on any atom is 0.0847 e. The molecule has 0 radical (unpaired) electrons. The number of aromatic nitrogens is 2. The maximum atomic E-state index is 6.39. The predicted octanol–water partition coefficient (Wildman–Crippen LogP) is 3.89. The van der Waals surface area contributed by atoms with Gasteiger partial charge in [-0.15, -0.1) is 0 Å². The van der Waals surface area contributed by atoms with Gasteiger partial charge >= 0.3 is 0 Å². The van der Waals surface area contributed by atoms with Gasteiger partial charge in [-0.1, -0.05) is 35.3 Å². The van der Waals surface area contributed by atoms with Crippen LogP contribution in [0.2, 0.25) is 10.0 Å². The molecule has 5 heteroatoms. The van der Waals surface area contributed by atoms with E-state index in [4.69, 9.17) is 23.2 Å². The Hall–Kier alpha value is -1.03. The summed E-state index contributed by atoms with van der Waals surface area (Å²) in [4.78, 5) is 0. The molecular weight excluding hydrogens is 305 g/mol. The average Bonchev–Trinajstić information content (AvgIpc) is 2.74. The van der Waals surface area contributed by atoms with Crippen LogP contribution < -0.4 is 5.32 Å². The molecule has 1 N–H and O–H groups in total. The van der Waals surface area contributed by atoms with Gasteiger partial charge in [0, 0.05) is 24.0 Å². The molecule has 114 valence electrons. The number of nitrogens with zero attached hydrogens (tertiary/aromatic N) is 2. The highest BCUT2D eigenvalue weighted by molar-refractivity contribution is 6.31. The predicted molar refractivity (Wildman–Crippen MR) is 89.4 cm³/mol. The molecule has 0 aliphatic rings. The number of hydrogen-bond acceptors (Lipinski definition) is 2. The first-order chi connectivity index (χ1) is 10.0. The highest BCUT2D eigenvalue weighted by Crippen LogP contribution is 2.22. The number of hydrogen-bond donors (Lipinski definition) is 1. The first kappa shape index (κ1) is 16.3. The molecule has 0 aliphatic heterocycles. The van der Waals surface area contributed by atoms with Crippen molar-refractivity contribution in [3.05, 3.63) is 51.3 Å². The summed E-state index contributed by atoms with van der Waals surface area (Å²) in [7, 11) is 1.97. The summed E-state index contributed by atoms with van der Waals surface area (Å²) in [6, 6.07) is 8.28. The van der Waals surface area contributed by atoms with Gasteiger partial charge in [-0.25, -0.2) is 0 Å². The molecular formula is C16H21Cl2N3. The summed E-state index contributed by atoms with van der Waals surface area (Å²) in [5.41, 5.74) is 3.21. The zero-order chi connectivity index (χ0) is 15.4. The van der Waals surface area contributed by atoms with Crippen LogP contribution in [0.4, 0.5) is 0 Å². The minimum absolute atomic E-state index is 0.294. The molecule has 0 saturated carbocycles. The monoisotopic (exact) mass is 325 g/mol. The third-order valence-electron chi connectivity index (χ3n) is 3.67. The SMILES string of the molecule is CCn1nc(C)c(Cl)c1CC(Cc1cccc(Cl)c1)NC. The lowest BCUT2D eigenvalue weighted by atomic mass is 10.0. The fourth-order valence-electron chi connectivity index (χ4n) is 2.52. The highest BCUT2D eigenvalue weighted by atomic mass is 35.5. The van der Waals surface area contributed by atoms with Crippen molar-refractivity contribution in [2.75, 3.05) is 7.05 Å². The Kier molecular flexibility index (Phi) is 5.68. The second-order valence-corrected chi connectivity index (χ2v) is 6.00. The van der Waals surface area contributed by atoms with Crippen LogP contribution >= 0.6 is 23.2 Å². The second kappa shape index (κ2) is 7.30. The molecule has 1 unspecified atom stereocenters. The molecule has 2 rings (SSSR count). The maximum absolute atomic E-state index is 6.39. The first-order valence-corrected chi connectivity index (χ1v) is 7.94. The van der Waals surface area contributed by atoms with Crippen molar-refractivity contribution < 1.29 is 0 Å². The largest absolute Gasteiger partial charge is 0.316 e. The smallest absolute Gasteiger partial charge is 0.0847 e. The van der Waals surface area contributed by atoms with E-state index in [1.807, 2.05) is 36.9 Å². The van der Waals surface area contributed by atoms with E-state index < -0.39 is 0 Å². The van der Waals surface area contributed by atoms with E-state index in [2.05, 4.69) is 23.4 Å². The van der Waals surface area contributed by atoms with Gasteiger partial charge < -0.3 is 5.32 Å². The van der Waals surface area contributed by atoms with E-state index in [0.29, 0.717) is 6.04 Å². The number of halogens is 2. The van der Waals surface area contributed by atoms with Crippen LogP contribution in [0.15, 0.2) is 24.3 Å². The minimum atomic E-state index is 0.294. The van der Waals surface area contributed by atoms with Gasteiger partial charge in [0.1, 0.15) is 0 Å². The van der Waals surface area contributed by atoms with E-state index in [9.17, 15) is 0 Å². The zero-order valence-electron chi connectivity index (χ0n) is 12.7. The Morgan fingerprint density at radius 2 is 2.05 bits per heavy atom. The number of likely N-dealkylation sites (N-methyl/N-ethyl adjacent to an activating group) is 1. The lowest BCUT2D eigenvalue weighted by Gasteiger charge is -2.17. The summed E-state index contributed by atoms with van der Waals surface area (Å²) < 4.78 is 1.99. The average molecular weight is 326 g/mol. The number of rotatable bonds is 6. The molecule has 1 atom stereocenters. The summed E-state index contributed by atoms with van der Waals surface area (Å²) in [5.74, 6) is 0. The van der Waals surface area contributed by atoms with Gasteiger partial charge in [-0.05, 0) is 45.0 Å². The Morgan fingerprint density at radius 1 is 1.29 bits per heavy atom. The highest BCUT2D eigenvalue weighted by Gasteiger charge is 2.17. The fraction of sp³-hybridized carbons (Fsp3) is 0.438. The van der Waals surface area contributed by atoms with Crippen LogP contribution in [0.5, 0.6) is 0 Å². The fourth-order valence-corrected chi connectivity index (χ4v) is 2.95. The number of benzene rings is 1. The van der Waals surface area contributed by atoms with Crippen LogP contribution in [0.3, 0.4) is 0 Å². The van der Waals surface area contributed by atoms with Crippen molar-refractivity contribution in [2.45, 2.75) is 39.3 Å². The molecule has 0 amide bonds. The van der Waals surface area contributed by atoms with Gasteiger partial charge in [0.05, 0.1) is 16.4 Å². The van der Waals surface area contributed by atoms with E-state index in [0.717, 1.165) is 40.8 Å². The molecule has 0 aliphatic carbocycles. The quantitative estimate of drug-likeness (QED) is 0.873. The third kappa shape index (κ3) is 4.00. The molecule has 0 bridgehead atoms. The summed E-state index contributed by atoms with van der Waals surface area (Å²) in [6.07, 6.45) is 1.75. The molecule has 0 spiro atoms. The lowest BCUT2D eigenvalue weighted by Crippen LogP contribution is -2.31. The third-order valence-corrected chi connectivity index (χ3v) is 4.40. The molecule has 21 heavy (non-hydrogen) atoms. The van der Waals surface area contributed by atoms with E-state index in [1.165, 1.54) is 5.56 Å². The molecule has 0 fully saturated rings. The van der Waals surface area contributed by atoms with Crippen LogP contribution in [-0.2, 0) is 19.4 Å². The molecule has 2 aromatic rings. The van der Waals surface area contributed by atoms with Gasteiger partial charge in [0.25, 0.3) is 0 Å². The zero-order valence-corrected chi connectivity index (χ0v) is 14.2. The van der Waals surface area contributed by atoms with Crippen LogP contribution in [0.1, 0.15) is 23.9 Å². The minimum Gasteiger partial charge on any atom is -0.316 e. The van der Waals surface area contributed by atoms with Gasteiger partial charge in [-0.2, -0.15) is 5.10 Å². The van der Waals surface area contributed by atoms with Crippen molar-refractivity contribution in [3.63, 3.8) is 0 Å². The molecule has 1 aromatic heterocycles. The summed E-state index contributed by atoms with van der Waals surface area (Å²) in [6.45, 7) is 4.86. The van der Waals surface area contributed by atoms with Crippen LogP contribution in [-0.4, -0.2) is 22.9 Å². The Bertz CT molecular complexity index is 608. The first-order valence-electron chi connectivity index (χ1n) is 7.18. The number of aryl methyl sites for hydroxylation is 2. The molecule has 3 nitrogen and oxygen atoms in total. The molecule has 1 aromatic carbocycles. The van der Waals surface area contributed by atoms with E-state index in [-0.39, 0.29) is 0 Å². The van der Waals surface area contributed by atoms with Crippen molar-refractivity contribution >= 4 is 23.2 Å². The summed E-state index contributed by atoms with van der Waals surface area (Å²) >= 11 is 12.4. The molecule has 0 saturated heterocycles. The number of nitrogens with one attached hydrogen (secondary N) is 1. The van der Waals surface area contributed by atoms with Gasteiger partial charge in [0.15, 0.2) is 0 Å².